The molecule has 2 aromatic carbocycles. The molecule has 0 unspecified atom stereocenters. The van der Waals surface area contributed by atoms with Gasteiger partial charge in [0.05, 0.1) is 5.52 Å². The zero-order valence-corrected chi connectivity index (χ0v) is 13.3. The summed E-state index contributed by atoms with van der Waals surface area (Å²) >= 11 is 5.83. The third-order valence-electron chi connectivity index (χ3n) is 3.61. The van der Waals surface area contributed by atoms with Crippen LogP contribution >= 0.6 is 11.6 Å². The molecule has 0 aliphatic heterocycles. The van der Waals surface area contributed by atoms with E-state index in [0.717, 1.165) is 11.1 Å². The maximum Gasteiger partial charge on any atom is 0.256 e. The molecule has 1 aromatic heterocycles. The van der Waals surface area contributed by atoms with Crippen molar-refractivity contribution in [1.29, 1.82) is 0 Å². The molecule has 0 aliphatic carbocycles. The average Bonchev–Trinajstić information content (AvgIpc) is 2.54. The van der Waals surface area contributed by atoms with E-state index in [-0.39, 0.29) is 17.2 Å². The SMILES string of the molecule is Cc1ccc2c(O)c(C(=O)NCc3ccc(Cl)cc3)cnc2c1. The van der Waals surface area contributed by atoms with Gasteiger partial charge in [0.15, 0.2) is 0 Å². The van der Waals surface area contributed by atoms with Crippen LogP contribution in [0.15, 0.2) is 48.7 Å². The van der Waals surface area contributed by atoms with Crippen LogP contribution in [-0.2, 0) is 6.54 Å². The molecule has 0 saturated heterocycles. The monoisotopic (exact) mass is 326 g/mol. The van der Waals surface area contributed by atoms with Crippen molar-refractivity contribution in [3.63, 3.8) is 0 Å². The summed E-state index contributed by atoms with van der Waals surface area (Å²) in [5.74, 6) is -0.420. The van der Waals surface area contributed by atoms with Crippen molar-refractivity contribution in [2.45, 2.75) is 13.5 Å². The van der Waals surface area contributed by atoms with Gasteiger partial charge >= 0.3 is 0 Å². The van der Waals surface area contributed by atoms with E-state index in [4.69, 9.17) is 11.6 Å². The van der Waals surface area contributed by atoms with E-state index < -0.39 is 0 Å². The summed E-state index contributed by atoms with van der Waals surface area (Å²) in [7, 11) is 0. The molecule has 116 valence electrons. The van der Waals surface area contributed by atoms with Gasteiger partial charge in [-0.05, 0) is 42.3 Å². The lowest BCUT2D eigenvalue weighted by Crippen LogP contribution is -2.23. The van der Waals surface area contributed by atoms with Gasteiger partial charge < -0.3 is 10.4 Å². The van der Waals surface area contributed by atoms with E-state index in [1.54, 1.807) is 18.2 Å². The Kier molecular flexibility index (Phi) is 4.17. The van der Waals surface area contributed by atoms with Gasteiger partial charge in [0.1, 0.15) is 11.3 Å². The second kappa shape index (κ2) is 6.26. The van der Waals surface area contributed by atoms with Crippen molar-refractivity contribution in [3.8, 4) is 5.75 Å². The molecule has 0 spiro atoms. The lowest BCUT2D eigenvalue weighted by Gasteiger charge is -2.09. The summed E-state index contributed by atoms with van der Waals surface area (Å²) in [5, 5.41) is 14.3. The Hall–Kier alpha value is -2.59. The summed E-state index contributed by atoms with van der Waals surface area (Å²) in [5.41, 5.74) is 2.79. The minimum absolute atomic E-state index is 0.0522. The maximum absolute atomic E-state index is 12.3. The van der Waals surface area contributed by atoms with Gasteiger partial charge in [-0.3, -0.25) is 9.78 Å². The molecule has 0 radical (unpaired) electrons. The molecule has 0 aliphatic rings. The van der Waals surface area contributed by atoms with Crippen LogP contribution in [0.2, 0.25) is 5.02 Å². The summed E-state index contributed by atoms with van der Waals surface area (Å²) in [6.45, 7) is 2.30. The number of hydrogen-bond donors (Lipinski definition) is 2. The van der Waals surface area contributed by atoms with E-state index in [9.17, 15) is 9.90 Å². The topological polar surface area (TPSA) is 62.2 Å². The molecule has 1 amide bonds. The first kappa shape index (κ1) is 15.3. The molecule has 0 bridgehead atoms. The Labute approximate surface area is 138 Å². The molecule has 4 nitrogen and oxygen atoms in total. The molecule has 0 fully saturated rings. The van der Waals surface area contributed by atoms with Gasteiger partial charge in [0.2, 0.25) is 0 Å². The van der Waals surface area contributed by atoms with Crippen molar-refractivity contribution in [2.75, 3.05) is 0 Å². The molecular weight excluding hydrogens is 312 g/mol. The van der Waals surface area contributed by atoms with Crippen molar-refractivity contribution in [3.05, 3.63) is 70.4 Å². The Morgan fingerprint density at radius 2 is 1.96 bits per heavy atom. The molecule has 0 atom stereocenters. The number of rotatable bonds is 3. The molecular formula is C18H15ClN2O2. The molecule has 3 aromatic rings. The first-order valence-electron chi connectivity index (χ1n) is 7.15. The highest BCUT2D eigenvalue weighted by Crippen LogP contribution is 2.27. The van der Waals surface area contributed by atoms with Gasteiger partial charge in [0, 0.05) is 23.2 Å². The van der Waals surface area contributed by atoms with Crippen molar-refractivity contribution < 1.29 is 9.90 Å². The zero-order valence-electron chi connectivity index (χ0n) is 12.5. The van der Waals surface area contributed by atoms with Crippen LogP contribution in [0.3, 0.4) is 0 Å². The molecule has 1 heterocycles. The van der Waals surface area contributed by atoms with Crippen LogP contribution in [0.4, 0.5) is 0 Å². The summed E-state index contributed by atoms with van der Waals surface area (Å²) in [6.07, 6.45) is 1.40. The van der Waals surface area contributed by atoms with Crippen LogP contribution in [-0.4, -0.2) is 16.0 Å². The van der Waals surface area contributed by atoms with E-state index >= 15 is 0 Å². The maximum atomic E-state index is 12.3. The van der Waals surface area contributed by atoms with Gasteiger partial charge in [-0.25, -0.2) is 0 Å². The van der Waals surface area contributed by atoms with E-state index in [1.165, 1.54) is 6.20 Å². The number of pyridine rings is 1. The number of amides is 1. The number of fused-ring (bicyclic) bond motifs is 1. The first-order valence-corrected chi connectivity index (χ1v) is 7.53. The number of carbonyl (C=O) groups is 1. The number of aromatic hydroxyl groups is 1. The van der Waals surface area contributed by atoms with Crippen LogP contribution in [0.5, 0.6) is 5.75 Å². The molecule has 5 heteroatoms. The largest absolute Gasteiger partial charge is 0.506 e. The smallest absolute Gasteiger partial charge is 0.256 e. The minimum Gasteiger partial charge on any atom is -0.506 e. The van der Waals surface area contributed by atoms with Gasteiger partial charge in [-0.1, -0.05) is 29.8 Å². The number of aryl methyl sites for hydroxylation is 1. The standard InChI is InChI=1S/C18H15ClN2O2/c1-11-2-7-14-16(8-11)20-10-15(17(14)22)18(23)21-9-12-3-5-13(19)6-4-12/h2-8,10H,9H2,1H3,(H,20,22)(H,21,23). The number of benzene rings is 2. The van der Waals surface area contributed by atoms with Crippen LogP contribution in [0, 0.1) is 6.92 Å². The predicted octanol–water partition coefficient (Wildman–Crippen LogP) is 3.83. The predicted molar refractivity (Wildman–Crippen MR) is 90.8 cm³/mol. The van der Waals surface area contributed by atoms with E-state index in [1.807, 2.05) is 31.2 Å². The number of nitrogens with one attached hydrogen (secondary N) is 1. The zero-order chi connectivity index (χ0) is 16.4. The van der Waals surface area contributed by atoms with Crippen molar-refractivity contribution >= 4 is 28.4 Å². The Balaban J connectivity index is 1.82. The molecule has 0 saturated carbocycles. The Bertz CT molecular complexity index is 876. The van der Waals surface area contributed by atoms with Gasteiger partial charge in [-0.15, -0.1) is 0 Å². The number of aromatic nitrogens is 1. The van der Waals surface area contributed by atoms with Crippen LogP contribution in [0.25, 0.3) is 10.9 Å². The quantitative estimate of drug-likeness (QED) is 0.769. The fourth-order valence-electron chi connectivity index (χ4n) is 2.34. The Morgan fingerprint density at radius 3 is 2.70 bits per heavy atom. The highest BCUT2D eigenvalue weighted by molar-refractivity contribution is 6.30. The van der Waals surface area contributed by atoms with E-state index in [0.29, 0.717) is 22.5 Å². The first-order chi connectivity index (χ1) is 11.0. The minimum atomic E-state index is -0.368. The highest BCUT2D eigenvalue weighted by atomic mass is 35.5. The van der Waals surface area contributed by atoms with E-state index in [2.05, 4.69) is 10.3 Å². The number of nitrogens with zero attached hydrogens (tertiary/aromatic N) is 1. The highest BCUT2D eigenvalue weighted by Gasteiger charge is 2.14. The average molecular weight is 327 g/mol. The second-order valence-electron chi connectivity index (χ2n) is 5.35. The fourth-order valence-corrected chi connectivity index (χ4v) is 2.46. The summed E-state index contributed by atoms with van der Waals surface area (Å²) < 4.78 is 0. The summed E-state index contributed by atoms with van der Waals surface area (Å²) in [4.78, 5) is 16.5. The summed E-state index contributed by atoms with van der Waals surface area (Å²) in [6, 6.07) is 12.7. The third-order valence-corrected chi connectivity index (χ3v) is 3.86. The third kappa shape index (κ3) is 3.27. The van der Waals surface area contributed by atoms with Gasteiger partial charge in [0.25, 0.3) is 5.91 Å². The van der Waals surface area contributed by atoms with Crippen molar-refractivity contribution in [1.82, 2.24) is 10.3 Å². The number of halogens is 1. The fraction of sp³-hybridized carbons (Fsp3) is 0.111. The lowest BCUT2D eigenvalue weighted by atomic mass is 10.1. The van der Waals surface area contributed by atoms with Crippen LogP contribution in [0.1, 0.15) is 21.5 Å². The molecule has 3 rings (SSSR count). The van der Waals surface area contributed by atoms with Crippen LogP contribution < -0.4 is 5.32 Å². The lowest BCUT2D eigenvalue weighted by molar-refractivity contribution is 0.0948. The second-order valence-corrected chi connectivity index (χ2v) is 5.79. The molecule has 23 heavy (non-hydrogen) atoms. The Morgan fingerprint density at radius 1 is 1.22 bits per heavy atom. The van der Waals surface area contributed by atoms with Gasteiger partial charge in [-0.2, -0.15) is 0 Å². The number of carbonyl (C=O) groups excluding carboxylic acids is 1. The number of hydrogen-bond acceptors (Lipinski definition) is 3. The van der Waals surface area contributed by atoms with Crippen molar-refractivity contribution in [2.24, 2.45) is 0 Å². The normalized spacial score (nSPS) is 10.7. The molecule has 2 N–H and O–H groups in total.